The molecule has 0 saturated carbocycles. The summed E-state index contributed by atoms with van der Waals surface area (Å²) in [5, 5.41) is 11.7. The molecule has 2 aromatic heterocycles. The molecular weight excluding hydrogens is 352 g/mol. The first kappa shape index (κ1) is 18.2. The van der Waals surface area contributed by atoms with Crippen LogP contribution in [0, 0.1) is 0 Å². The Hall–Kier alpha value is -3.22. The third-order valence-corrected chi connectivity index (χ3v) is 5.06. The van der Waals surface area contributed by atoms with Gasteiger partial charge in [0, 0.05) is 56.6 Å². The summed E-state index contributed by atoms with van der Waals surface area (Å²) in [5.41, 5.74) is 2.27. The van der Waals surface area contributed by atoms with E-state index < -0.39 is 0 Å². The first-order valence-electron chi connectivity index (χ1n) is 9.64. The zero-order chi connectivity index (χ0) is 19.3. The smallest absolute Gasteiger partial charge is 0.251 e. The highest BCUT2D eigenvalue weighted by Gasteiger charge is 2.14. The molecule has 0 spiro atoms. The van der Waals surface area contributed by atoms with Crippen molar-refractivity contribution in [1.82, 2.24) is 25.1 Å². The summed E-state index contributed by atoms with van der Waals surface area (Å²) in [7, 11) is 1.95. The van der Waals surface area contributed by atoms with Crippen LogP contribution in [0.2, 0.25) is 0 Å². The van der Waals surface area contributed by atoms with Gasteiger partial charge in [-0.05, 0) is 37.1 Å². The molecule has 0 bridgehead atoms. The maximum absolute atomic E-state index is 12.5. The van der Waals surface area contributed by atoms with E-state index >= 15 is 0 Å². The van der Waals surface area contributed by atoms with Gasteiger partial charge in [-0.15, -0.1) is 10.2 Å². The largest absolute Gasteiger partial charge is 0.355 e. The minimum absolute atomic E-state index is 0.0993. The summed E-state index contributed by atoms with van der Waals surface area (Å²) in [5.74, 6) is 1.77. The van der Waals surface area contributed by atoms with E-state index in [0.717, 1.165) is 36.0 Å². The summed E-state index contributed by atoms with van der Waals surface area (Å²) in [6, 6.07) is 11.5. The number of nitrogens with zero attached hydrogens (tertiary/aromatic N) is 5. The molecule has 1 saturated heterocycles. The number of rotatable bonds is 6. The lowest BCUT2D eigenvalue weighted by atomic mass is 10.1. The maximum Gasteiger partial charge on any atom is 0.251 e. The van der Waals surface area contributed by atoms with Gasteiger partial charge in [-0.3, -0.25) is 4.79 Å². The quantitative estimate of drug-likeness (QED) is 0.715. The molecule has 3 heterocycles. The maximum atomic E-state index is 12.5. The molecule has 7 heteroatoms. The number of carbonyl (C=O) groups excluding carboxylic acids is 1. The van der Waals surface area contributed by atoms with Crippen LogP contribution in [-0.2, 0) is 13.5 Å². The number of aryl methyl sites for hydroxylation is 1. The molecule has 1 amide bonds. The summed E-state index contributed by atoms with van der Waals surface area (Å²) >= 11 is 0. The second-order valence-electron chi connectivity index (χ2n) is 7.01. The van der Waals surface area contributed by atoms with Crippen LogP contribution >= 0.6 is 0 Å². The fourth-order valence-corrected chi connectivity index (χ4v) is 3.44. The number of hydrogen-bond donors (Lipinski definition) is 1. The Morgan fingerprint density at radius 3 is 2.71 bits per heavy atom. The Balaban J connectivity index is 1.40. The molecule has 0 aliphatic carbocycles. The lowest BCUT2D eigenvalue weighted by Crippen LogP contribution is -2.26. The Morgan fingerprint density at radius 2 is 2.00 bits per heavy atom. The predicted molar refractivity (Wildman–Crippen MR) is 108 cm³/mol. The molecule has 1 N–H and O–H groups in total. The molecule has 4 rings (SSSR count). The highest BCUT2D eigenvalue weighted by molar-refractivity contribution is 5.95. The first-order chi connectivity index (χ1) is 13.7. The normalized spacial score (nSPS) is 13.7. The second kappa shape index (κ2) is 8.21. The number of hydrogen-bond acceptors (Lipinski definition) is 5. The third kappa shape index (κ3) is 4.03. The summed E-state index contributed by atoms with van der Waals surface area (Å²) < 4.78 is 1.96. The minimum Gasteiger partial charge on any atom is -0.355 e. The molecule has 1 fully saturated rings. The topological polar surface area (TPSA) is 75.9 Å². The van der Waals surface area contributed by atoms with Crippen LogP contribution in [0.15, 0.2) is 48.8 Å². The number of anilines is 1. The van der Waals surface area contributed by atoms with Crippen molar-refractivity contribution in [2.75, 3.05) is 24.5 Å². The highest BCUT2D eigenvalue weighted by Crippen LogP contribution is 2.21. The molecule has 0 radical (unpaired) electrons. The zero-order valence-electron chi connectivity index (χ0n) is 16.0. The van der Waals surface area contributed by atoms with Gasteiger partial charge in [0.15, 0.2) is 5.82 Å². The van der Waals surface area contributed by atoms with Crippen molar-refractivity contribution in [3.05, 3.63) is 60.2 Å². The highest BCUT2D eigenvalue weighted by atomic mass is 16.1. The lowest BCUT2D eigenvalue weighted by Gasteiger charge is -2.15. The number of nitrogens with one attached hydrogen (secondary N) is 1. The van der Waals surface area contributed by atoms with Crippen LogP contribution in [0.25, 0.3) is 11.3 Å². The number of carbonyl (C=O) groups is 1. The Labute approximate surface area is 164 Å². The molecule has 0 atom stereocenters. The SMILES string of the molecule is Cn1ccnc1CCNC(=O)c1cccc(-c2ccc(N3CCCC3)nn2)c1. The molecule has 0 unspecified atom stereocenters. The van der Waals surface area contributed by atoms with E-state index in [9.17, 15) is 4.79 Å². The second-order valence-corrected chi connectivity index (χ2v) is 7.01. The molecule has 7 nitrogen and oxygen atoms in total. The van der Waals surface area contributed by atoms with Gasteiger partial charge in [0.2, 0.25) is 0 Å². The molecule has 3 aromatic rings. The van der Waals surface area contributed by atoms with Gasteiger partial charge in [0.05, 0.1) is 5.69 Å². The predicted octanol–water partition coefficient (Wildman–Crippen LogP) is 2.45. The lowest BCUT2D eigenvalue weighted by molar-refractivity contribution is 0.0954. The van der Waals surface area contributed by atoms with Crippen molar-refractivity contribution in [3.63, 3.8) is 0 Å². The molecule has 144 valence electrons. The molecule has 1 aliphatic rings. The minimum atomic E-state index is -0.0993. The number of imidazole rings is 1. The van der Waals surface area contributed by atoms with Crippen molar-refractivity contribution in [1.29, 1.82) is 0 Å². The Kier molecular flexibility index (Phi) is 5.32. The number of benzene rings is 1. The van der Waals surface area contributed by atoms with Gasteiger partial charge in [0.1, 0.15) is 5.82 Å². The molecular formula is C21H24N6O. The Morgan fingerprint density at radius 1 is 1.14 bits per heavy atom. The average molecular weight is 376 g/mol. The van der Waals surface area contributed by atoms with Crippen LogP contribution in [-0.4, -0.2) is 45.3 Å². The van der Waals surface area contributed by atoms with E-state index in [0.29, 0.717) is 18.5 Å². The molecule has 1 aromatic carbocycles. The first-order valence-corrected chi connectivity index (χ1v) is 9.64. The van der Waals surface area contributed by atoms with Gasteiger partial charge in [-0.1, -0.05) is 12.1 Å². The van der Waals surface area contributed by atoms with Crippen LogP contribution < -0.4 is 10.2 Å². The molecule has 28 heavy (non-hydrogen) atoms. The van der Waals surface area contributed by atoms with Gasteiger partial charge in [-0.25, -0.2) is 4.98 Å². The van der Waals surface area contributed by atoms with Crippen LogP contribution in [0.4, 0.5) is 5.82 Å². The third-order valence-electron chi connectivity index (χ3n) is 5.06. The van der Waals surface area contributed by atoms with E-state index in [1.54, 1.807) is 6.20 Å². The van der Waals surface area contributed by atoms with E-state index in [1.807, 2.05) is 54.2 Å². The van der Waals surface area contributed by atoms with Crippen molar-refractivity contribution in [2.24, 2.45) is 7.05 Å². The number of aromatic nitrogens is 4. The summed E-state index contributed by atoms with van der Waals surface area (Å²) in [6.07, 6.45) is 6.77. The van der Waals surface area contributed by atoms with E-state index in [2.05, 4.69) is 25.4 Å². The number of amides is 1. The fraction of sp³-hybridized carbons (Fsp3) is 0.333. The fourth-order valence-electron chi connectivity index (χ4n) is 3.44. The molecule has 1 aliphatic heterocycles. The van der Waals surface area contributed by atoms with Crippen molar-refractivity contribution in [2.45, 2.75) is 19.3 Å². The van der Waals surface area contributed by atoms with E-state index in [1.165, 1.54) is 12.8 Å². The summed E-state index contributed by atoms with van der Waals surface area (Å²) in [6.45, 7) is 2.63. The standard InChI is InChI=1S/C21H24N6O/c1-26-14-11-22-19(26)9-10-23-21(28)17-6-4-5-16(15-17)18-7-8-20(25-24-18)27-12-2-3-13-27/h4-8,11,14-15H,2-3,9-10,12-13H2,1H3,(H,23,28). The van der Waals surface area contributed by atoms with Gasteiger partial charge in [0.25, 0.3) is 5.91 Å². The monoisotopic (exact) mass is 376 g/mol. The van der Waals surface area contributed by atoms with Gasteiger partial charge >= 0.3 is 0 Å². The van der Waals surface area contributed by atoms with Crippen molar-refractivity contribution >= 4 is 11.7 Å². The average Bonchev–Trinajstić information content (AvgIpc) is 3.41. The van der Waals surface area contributed by atoms with E-state index in [4.69, 9.17) is 0 Å². The van der Waals surface area contributed by atoms with Crippen LogP contribution in [0.3, 0.4) is 0 Å². The van der Waals surface area contributed by atoms with E-state index in [-0.39, 0.29) is 5.91 Å². The van der Waals surface area contributed by atoms with Gasteiger partial charge < -0.3 is 14.8 Å². The van der Waals surface area contributed by atoms with Crippen LogP contribution in [0.1, 0.15) is 29.0 Å². The van der Waals surface area contributed by atoms with Gasteiger partial charge in [-0.2, -0.15) is 0 Å². The summed E-state index contributed by atoms with van der Waals surface area (Å²) in [4.78, 5) is 19.0. The zero-order valence-corrected chi connectivity index (χ0v) is 16.0. The van der Waals surface area contributed by atoms with Crippen molar-refractivity contribution < 1.29 is 4.79 Å². The van der Waals surface area contributed by atoms with Crippen LogP contribution in [0.5, 0.6) is 0 Å². The Bertz CT molecular complexity index is 944. The van der Waals surface area contributed by atoms with Crippen molar-refractivity contribution in [3.8, 4) is 11.3 Å².